The molecule has 1 saturated heterocycles. The SMILES string of the molecule is Cc1ccc(N2CCCCC2C(C)N)c(C#N)c1. The first-order valence-electron chi connectivity index (χ1n) is 6.66. The third-order valence-corrected chi connectivity index (χ3v) is 3.74. The summed E-state index contributed by atoms with van der Waals surface area (Å²) < 4.78 is 0. The molecule has 0 spiro atoms. The van der Waals surface area contributed by atoms with Crippen LogP contribution >= 0.6 is 0 Å². The van der Waals surface area contributed by atoms with Gasteiger partial charge in [0.05, 0.1) is 11.3 Å². The maximum atomic E-state index is 9.29. The first kappa shape index (κ1) is 12.9. The van der Waals surface area contributed by atoms with Gasteiger partial charge in [0.2, 0.25) is 0 Å². The number of piperidine rings is 1. The van der Waals surface area contributed by atoms with E-state index in [1.807, 2.05) is 13.0 Å². The standard InChI is InChI=1S/C15H21N3/c1-11-6-7-15(13(9-11)10-16)18-8-4-3-5-14(18)12(2)17/h6-7,9,12,14H,3-5,8,17H2,1-2H3. The molecule has 0 saturated carbocycles. The van der Waals surface area contributed by atoms with E-state index in [2.05, 4.69) is 30.0 Å². The summed E-state index contributed by atoms with van der Waals surface area (Å²) in [5.74, 6) is 0. The Bertz CT molecular complexity index is 459. The zero-order valence-electron chi connectivity index (χ0n) is 11.2. The molecule has 1 aromatic rings. The van der Waals surface area contributed by atoms with Crippen LogP contribution in [0.25, 0.3) is 0 Å². The van der Waals surface area contributed by atoms with E-state index in [1.54, 1.807) is 0 Å². The Morgan fingerprint density at radius 3 is 2.89 bits per heavy atom. The van der Waals surface area contributed by atoms with E-state index in [0.717, 1.165) is 29.8 Å². The minimum atomic E-state index is 0.137. The summed E-state index contributed by atoms with van der Waals surface area (Å²) in [5.41, 5.74) is 9.03. The summed E-state index contributed by atoms with van der Waals surface area (Å²) in [5, 5.41) is 9.29. The molecule has 1 aliphatic heterocycles. The Morgan fingerprint density at radius 1 is 1.44 bits per heavy atom. The molecule has 2 rings (SSSR count). The van der Waals surface area contributed by atoms with Gasteiger partial charge in [0.25, 0.3) is 0 Å². The fourth-order valence-electron chi connectivity index (χ4n) is 2.79. The summed E-state index contributed by atoms with van der Waals surface area (Å²) in [4.78, 5) is 2.33. The second-order valence-corrected chi connectivity index (χ2v) is 5.25. The summed E-state index contributed by atoms with van der Waals surface area (Å²) in [6.45, 7) is 5.08. The third kappa shape index (κ3) is 2.49. The van der Waals surface area contributed by atoms with Crippen LogP contribution < -0.4 is 10.6 Å². The molecule has 0 aliphatic carbocycles. The fraction of sp³-hybridized carbons (Fsp3) is 0.533. The van der Waals surface area contributed by atoms with Gasteiger partial charge in [-0.2, -0.15) is 5.26 Å². The highest BCUT2D eigenvalue weighted by Gasteiger charge is 2.27. The Hall–Kier alpha value is -1.53. The van der Waals surface area contributed by atoms with E-state index in [-0.39, 0.29) is 6.04 Å². The molecule has 1 aliphatic rings. The van der Waals surface area contributed by atoms with Gasteiger partial charge in [-0.15, -0.1) is 0 Å². The molecule has 2 N–H and O–H groups in total. The number of rotatable bonds is 2. The summed E-state index contributed by atoms with van der Waals surface area (Å²) in [7, 11) is 0. The summed E-state index contributed by atoms with van der Waals surface area (Å²) in [6.07, 6.45) is 3.54. The molecule has 1 aromatic carbocycles. The number of nitrogens with two attached hydrogens (primary N) is 1. The lowest BCUT2D eigenvalue weighted by Crippen LogP contribution is -2.49. The molecule has 0 amide bonds. The number of benzene rings is 1. The molecule has 1 fully saturated rings. The lowest BCUT2D eigenvalue weighted by atomic mass is 9.95. The van der Waals surface area contributed by atoms with E-state index in [1.165, 1.54) is 12.8 Å². The van der Waals surface area contributed by atoms with E-state index in [4.69, 9.17) is 5.73 Å². The van der Waals surface area contributed by atoms with Gasteiger partial charge < -0.3 is 10.6 Å². The first-order valence-corrected chi connectivity index (χ1v) is 6.66. The predicted octanol–water partition coefficient (Wildman–Crippen LogP) is 2.57. The Kier molecular flexibility index (Phi) is 3.88. The highest BCUT2D eigenvalue weighted by Crippen LogP contribution is 2.29. The second kappa shape index (κ2) is 5.41. The van der Waals surface area contributed by atoms with Gasteiger partial charge >= 0.3 is 0 Å². The average molecular weight is 243 g/mol. The molecule has 0 aromatic heterocycles. The molecule has 2 unspecified atom stereocenters. The largest absolute Gasteiger partial charge is 0.366 e. The molecule has 3 heteroatoms. The Balaban J connectivity index is 2.37. The first-order chi connectivity index (χ1) is 8.63. The van der Waals surface area contributed by atoms with E-state index in [0.29, 0.717) is 6.04 Å². The highest BCUT2D eigenvalue weighted by atomic mass is 15.2. The van der Waals surface area contributed by atoms with Crippen molar-refractivity contribution in [2.24, 2.45) is 5.73 Å². The molecular weight excluding hydrogens is 222 g/mol. The van der Waals surface area contributed by atoms with E-state index < -0.39 is 0 Å². The van der Waals surface area contributed by atoms with Crippen molar-refractivity contribution in [1.29, 1.82) is 5.26 Å². The van der Waals surface area contributed by atoms with Gasteiger partial charge in [-0.05, 0) is 50.8 Å². The minimum absolute atomic E-state index is 0.137. The molecule has 96 valence electrons. The number of hydrogen-bond acceptors (Lipinski definition) is 3. The molecule has 3 nitrogen and oxygen atoms in total. The van der Waals surface area contributed by atoms with Crippen LogP contribution in [0.4, 0.5) is 5.69 Å². The second-order valence-electron chi connectivity index (χ2n) is 5.25. The lowest BCUT2D eigenvalue weighted by molar-refractivity contribution is 0.413. The zero-order valence-corrected chi connectivity index (χ0v) is 11.2. The normalized spacial score (nSPS) is 21.4. The van der Waals surface area contributed by atoms with Crippen molar-refractivity contribution in [2.45, 2.75) is 45.2 Å². The number of nitrogens with zero attached hydrogens (tertiary/aromatic N) is 2. The van der Waals surface area contributed by atoms with Crippen LogP contribution in [0, 0.1) is 18.3 Å². The van der Waals surface area contributed by atoms with Crippen LogP contribution in [0.15, 0.2) is 18.2 Å². The van der Waals surface area contributed by atoms with Crippen LogP contribution in [0.3, 0.4) is 0 Å². The number of anilines is 1. The van der Waals surface area contributed by atoms with Crippen molar-refractivity contribution in [3.8, 4) is 6.07 Å². The van der Waals surface area contributed by atoms with Crippen LogP contribution in [-0.2, 0) is 0 Å². The number of nitriles is 1. The maximum absolute atomic E-state index is 9.29. The van der Waals surface area contributed by atoms with Crippen molar-refractivity contribution >= 4 is 5.69 Å². The predicted molar refractivity (Wildman–Crippen MR) is 74.5 cm³/mol. The van der Waals surface area contributed by atoms with Crippen molar-refractivity contribution in [2.75, 3.05) is 11.4 Å². The van der Waals surface area contributed by atoms with Crippen LogP contribution in [0.5, 0.6) is 0 Å². The van der Waals surface area contributed by atoms with Gasteiger partial charge in [0.1, 0.15) is 6.07 Å². The smallest absolute Gasteiger partial charge is 0.101 e. The van der Waals surface area contributed by atoms with Gasteiger partial charge in [-0.3, -0.25) is 0 Å². The van der Waals surface area contributed by atoms with Gasteiger partial charge in [0.15, 0.2) is 0 Å². The molecular formula is C15H21N3. The van der Waals surface area contributed by atoms with E-state index in [9.17, 15) is 5.26 Å². The molecule has 2 atom stereocenters. The monoisotopic (exact) mass is 243 g/mol. The molecule has 1 heterocycles. The topological polar surface area (TPSA) is 53.0 Å². The fourth-order valence-corrected chi connectivity index (χ4v) is 2.79. The number of aryl methyl sites for hydroxylation is 1. The Labute approximate surface area is 109 Å². The number of hydrogen-bond donors (Lipinski definition) is 1. The molecule has 0 bridgehead atoms. The summed E-state index contributed by atoms with van der Waals surface area (Å²) in [6, 6.07) is 8.90. The van der Waals surface area contributed by atoms with E-state index >= 15 is 0 Å². The van der Waals surface area contributed by atoms with Crippen LogP contribution in [0.1, 0.15) is 37.3 Å². The van der Waals surface area contributed by atoms with Crippen molar-refractivity contribution < 1.29 is 0 Å². The van der Waals surface area contributed by atoms with Crippen molar-refractivity contribution in [3.05, 3.63) is 29.3 Å². The van der Waals surface area contributed by atoms with Gasteiger partial charge in [-0.25, -0.2) is 0 Å². The van der Waals surface area contributed by atoms with Crippen LogP contribution in [0.2, 0.25) is 0 Å². The third-order valence-electron chi connectivity index (χ3n) is 3.74. The zero-order chi connectivity index (χ0) is 13.1. The van der Waals surface area contributed by atoms with Gasteiger partial charge in [0, 0.05) is 18.6 Å². The van der Waals surface area contributed by atoms with Crippen LogP contribution in [-0.4, -0.2) is 18.6 Å². The maximum Gasteiger partial charge on any atom is 0.101 e. The van der Waals surface area contributed by atoms with Crippen molar-refractivity contribution in [1.82, 2.24) is 0 Å². The quantitative estimate of drug-likeness (QED) is 0.868. The Morgan fingerprint density at radius 2 is 2.22 bits per heavy atom. The highest BCUT2D eigenvalue weighted by molar-refractivity contribution is 5.61. The molecule has 0 radical (unpaired) electrons. The lowest BCUT2D eigenvalue weighted by Gasteiger charge is -2.40. The van der Waals surface area contributed by atoms with Crippen molar-refractivity contribution in [3.63, 3.8) is 0 Å². The van der Waals surface area contributed by atoms with Gasteiger partial charge in [-0.1, -0.05) is 6.07 Å². The minimum Gasteiger partial charge on any atom is -0.366 e. The average Bonchev–Trinajstić information content (AvgIpc) is 2.38. The molecule has 18 heavy (non-hydrogen) atoms. The summed E-state index contributed by atoms with van der Waals surface area (Å²) >= 11 is 0.